The molecule has 1 unspecified atom stereocenters. The van der Waals surface area contributed by atoms with E-state index in [0.717, 1.165) is 16.8 Å². The molecule has 5 rings (SSSR count). The predicted molar refractivity (Wildman–Crippen MR) is 127 cm³/mol. The summed E-state index contributed by atoms with van der Waals surface area (Å²) in [4.78, 5) is 17.1. The summed E-state index contributed by atoms with van der Waals surface area (Å²) in [6.45, 7) is 0. The Morgan fingerprint density at radius 2 is 1.58 bits per heavy atom. The fourth-order valence-corrected chi connectivity index (χ4v) is 3.77. The van der Waals surface area contributed by atoms with Crippen molar-refractivity contribution in [3.8, 4) is 0 Å². The predicted octanol–water partition coefficient (Wildman–Crippen LogP) is 6.03. The minimum Gasteiger partial charge on any atom is -0.324 e. The SMILES string of the molecule is O=C(Nc1nc2n(n1)C(c1ccc(F)cc1)C=C(c1ccc(Cl)cc1)N2)c1ccc(Cl)cc1. The van der Waals surface area contributed by atoms with E-state index in [9.17, 15) is 9.18 Å². The highest BCUT2D eigenvalue weighted by Crippen LogP contribution is 2.33. The normalized spacial score (nSPS) is 14.8. The fourth-order valence-electron chi connectivity index (χ4n) is 3.52. The maximum Gasteiger partial charge on any atom is 0.258 e. The van der Waals surface area contributed by atoms with Crippen molar-refractivity contribution in [2.75, 3.05) is 10.6 Å². The van der Waals surface area contributed by atoms with Gasteiger partial charge in [-0.25, -0.2) is 9.07 Å². The van der Waals surface area contributed by atoms with Gasteiger partial charge >= 0.3 is 0 Å². The molecule has 0 saturated carbocycles. The quantitative estimate of drug-likeness (QED) is 0.374. The third-order valence-electron chi connectivity index (χ3n) is 5.16. The number of fused-ring (bicyclic) bond motifs is 1. The standard InChI is InChI=1S/C24H16Cl2FN5O/c25-17-7-1-14(2-8-17)20-13-21(15-5-11-19(27)12-6-15)32-24(28-20)30-23(31-32)29-22(33)16-3-9-18(26)10-4-16/h1-13,21H,(H2,28,29,30,31,33). The van der Waals surface area contributed by atoms with Crippen LogP contribution < -0.4 is 10.6 Å². The molecule has 2 heterocycles. The van der Waals surface area contributed by atoms with Crippen LogP contribution in [-0.4, -0.2) is 20.7 Å². The number of rotatable bonds is 4. The van der Waals surface area contributed by atoms with Crippen molar-refractivity contribution in [3.05, 3.63) is 111 Å². The molecule has 0 radical (unpaired) electrons. The van der Waals surface area contributed by atoms with E-state index in [0.29, 0.717) is 21.6 Å². The Labute approximate surface area is 198 Å². The first kappa shape index (κ1) is 21.2. The number of carbonyl (C=O) groups excluding carboxylic acids is 1. The lowest BCUT2D eigenvalue weighted by molar-refractivity contribution is 0.102. The van der Waals surface area contributed by atoms with Gasteiger partial charge < -0.3 is 5.32 Å². The topological polar surface area (TPSA) is 71.8 Å². The smallest absolute Gasteiger partial charge is 0.258 e. The van der Waals surface area contributed by atoms with Gasteiger partial charge in [-0.3, -0.25) is 10.1 Å². The van der Waals surface area contributed by atoms with Gasteiger partial charge in [0.15, 0.2) is 0 Å². The number of nitrogens with one attached hydrogen (secondary N) is 2. The lowest BCUT2D eigenvalue weighted by Gasteiger charge is -2.24. The molecule has 6 nitrogen and oxygen atoms in total. The van der Waals surface area contributed by atoms with Gasteiger partial charge in [0.25, 0.3) is 11.9 Å². The number of hydrogen-bond donors (Lipinski definition) is 2. The number of allylic oxidation sites excluding steroid dienone is 1. The number of carbonyl (C=O) groups is 1. The molecule has 0 spiro atoms. The zero-order chi connectivity index (χ0) is 22.9. The van der Waals surface area contributed by atoms with E-state index in [1.165, 1.54) is 12.1 Å². The number of aromatic nitrogens is 3. The average Bonchev–Trinajstić information content (AvgIpc) is 3.22. The molecule has 0 fully saturated rings. The highest BCUT2D eigenvalue weighted by Gasteiger charge is 2.26. The first-order valence-corrected chi connectivity index (χ1v) is 10.8. The van der Waals surface area contributed by atoms with Gasteiger partial charge in [-0.15, -0.1) is 5.10 Å². The van der Waals surface area contributed by atoms with Crippen molar-refractivity contribution >= 4 is 46.7 Å². The molecular formula is C24H16Cl2FN5O. The summed E-state index contributed by atoms with van der Waals surface area (Å²) in [5, 5.41) is 11.6. The number of benzene rings is 3. The Balaban J connectivity index is 1.50. The summed E-state index contributed by atoms with van der Waals surface area (Å²) in [7, 11) is 0. The lowest BCUT2D eigenvalue weighted by atomic mass is 10.0. The maximum absolute atomic E-state index is 13.5. The molecular weight excluding hydrogens is 464 g/mol. The molecule has 9 heteroatoms. The second-order valence-corrected chi connectivity index (χ2v) is 8.25. The van der Waals surface area contributed by atoms with Gasteiger partial charge in [0.05, 0.1) is 0 Å². The minimum absolute atomic E-state index is 0.135. The van der Waals surface area contributed by atoms with Gasteiger partial charge in [-0.1, -0.05) is 47.5 Å². The molecule has 0 aliphatic carbocycles. The number of hydrogen-bond acceptors (Lipinski definition) is 4. The van der Waals surface area contributed by atoms with Gasteiger partial charge in [0.2, 0.25) is 5.95 Å². The Morgan fingerprint density at radius 1 is 0.939 bits per heavy atom. The van der Waals surface area contributed by atoms with Gasteiger partial charge in [0.1, 0.15) is 11.9 Å². The molecule has 164 valence electrons. The monoisotopic (exact) mass is 479 g/mol. The van der Waals surface area contributed by atoms with Crippen molar-refractivity contribution in [2.24, 2.45) is 0 Å². The van der Waals surface area contributed by atoms with Crippen LogP contribution in [0.5, 0.6) is 0 Å². The van der Waals surface area contributed by atoms with Crippen molar-refractivity contribution in [1.29, 1.82) is 0 Å². The Kier molecular flexibility index (Phi) is 5.58. The molecule has 1 amide bonds. The third-order valence-corrected chi connectivity index (χ3v) is 5.67. The largest absolute Gasteiger partial charge is 0.324 e. The van der Waals surface area contributed by atoms with E-state index < -0.39 is 0 Å². The summed E-state index contributed by atoms with van der Waals surface area (Å²) in [5.41, 5.74) is 2.92. The Hall–Kier alpha value is -3.68. The number of amides is 1. The van der Waals surface area contributed by atoms with Crippen LogP contribution in [0.2, 0.25) is 10.0 Å². The van der Waals surface area contributed by atoms with Gasteiger partial charge in [-0.05, 0) is 65.7 Å². The van der Waals surface area contributed by atoms with Crippen LogP contribution in [0.15, 0.2) is 78.9 Å². The van der Waals surface area contributed by atoms with Crippen molar-refractivity contribution in [1.82, 2.24) is 14.8 Å². The molecule has 0 bridgehead atoms. The zero-order valence-corrected chi connectivity index (χ0v) is 18.5. The van der Waals surface area contributed by atoms with E-state index in [-0.39, 0.29) is 23.7 Å². The second-order valence-electron chi connectivity index (χ2n) is 7.37. The molecule has 1 atom stereocenters. The van der Waals surface area contributed by atoms with Crippen LogP contribution in [0.3, 0.4) is 0 Å². The van der Waals surface area contributed by atoms with Crippen molar-refractivity contribution in [2.45, 2.75) is 6.04 Å². The molecule has 1 aliphatic rings. The molecule has 1 aliphatic heterocycles. The number of anilines is 2. The van der Waals surface area contributed by atoms with E-state index in [1.807, 2.05) is 18.2 Å². The highest BCUT2D eigenvalue weighted by atomic mass is 35.5. The van der Waals surface area contributed by atoms with E-state index >= 15 is 0 Å². The van der Waals surface area contributed by atoms with Crippen LogP contribution in [0.25, 0.3) is 5.70 Å². The molecule has 3 aromatic carbocycles. The van der Waals surface area contributed by atoms with Crippen LogP contribution in [0.1, 0.15) is 27.5 Å². The van der Waals surface area contributed by atoms with Crippen molar-refractivity contribution in [3.63, 3.8) is 0 Å². The fraction of sp³-hybridized carbons (Fsp3) is 0.0417. The molecule has 2 N–H and O–H groups in total. The van der Waals surface area contributed by atoms with Crippen molar-refractivity contribution < 1.29 is 9.18 Å². The highest BCUT2D eigenvalue weighted by molar-refractivity contribution is 6.31. The molecule has 33 heavy (non-hydrogen) atoms. The summed E-state index contributed by atoms with van der Waals surface area (Å²) >= 11 is 11.9. The molecule has 0 saturated heterocycles. The Morgan fingerprint density at radius 3 is 2.24 bits per heavy atom. The van der Waals surface area contributed by atoms with E-state index in [4.69, 9.17) is 23.2 Å². The molecule has 1 aromatic heterocycles. The summed E-state index contributed by atoms with van der Waals surface area (Å²) in [5.74, 6) is -0.123. The van der Waals surface area contributed by atoms with Gasteiger partial charge in [-0.2, -0.15) is 4.98 Å². The maximum atomic E-state index is 13.5. The first-order chi connectivity index (χ1) is 16.0. The van der Waals surface area contributed by atoms with Crippen LogP contribution in [-0.2, 0) is 0 Å². The van der Waals surface area contributed by atoms with Crippen LogP contribution in [0.4, 0.5) is 16.3 Å². The number of nitrogens with zero attached hydrogens (tertiary/aromatic N) is 3. The van der Waals surface area contributed by atoms with E-state index in [2.05, 4.69) is 20.7 Å². The second kappa shape index (κ2) is 8.69. The van der Waals surface area contributed by atoms with E-state index in [1.54, 1.807) is 53.2 Å². The minimum atomic E-state index is -0.374. The first-order valence-electron chi connectivity index (χ1n) is 10.00. The average molecular weight is 480 g/mol. The summed E-state index contributed by atoms with van der Waals surface area (Å²) < 4.78 is 15.2. The zero-order valence-electron chi connectivity index (χ0n) is 17.0. The van der Waals surface area contributed by atoms with Crippen LogP contribution >= 0.6 is 23.2 Å². The Bertz CT molecular complexity index is 1350. The van der Waals surface area contributed by atoms with Crippen LogP contribution in [0, 0.1) is 5.82 Å². The van der Waals surface area contributed by atoms with Gasteiger partial charge in [0, 0.05) is 21.3 Å². The summed E-state index contributed by atoms with van der Waals surface area (Å²) in [6.07, 6.45) is 1.96. The lowest BCUT2D eigenvalue weighted by Crippen LogP contribution is -2.20. The third kappa shape index (κ3) is 4.46. The molecule has 4 aromatic rings. The number of halogens is 3. The summed E-state index contributed by atoms with van der Waals surface area (Å²) in [6, 6.07) is 19.7.